The Morgan fingerprint density at radius 2 is 1.87 bits per heavy atom. The van der Waals surface area contributed by atoms with E-state index < -0.39 is 0 Å². The highest BCUT2D eigenvalue weighted by molar-refractivity contribution is 9.10. The summed E-state index contributed by atoms with van der Waals surface area (Å²) >= 11 is 3.59. The fraction of sp³-hybridized carbons (Fsp3) is 0.208. The van der Waals surface area contributed by atoms with Crippen LogP contribution >= 0.6 is 15.9 Å². The standard InChI is InChI=1S/C24H19BrN2O4/c1-28-21-8-7-15(10-17(21)25)24-27-19(16-4-2-3-5-20(16)31-24)12-18(26-27)14-6-9-22-23(11-14)30-13-29-22/h2-11,19,24H,12-13H2,1H3/t19-,24-/m1/s1. The molecule has 3 heterocycles. The minimum atomic E-state index is -0.339. The maximum absolute atomic E-state index is 6.43. The molecule has 0 bridgehead atoms. The molecule has 156 valence electrons. The molecule has 0 unspecified atom stereocenters. The molecule has 6 nitrogen and oxygen atoms in total. The predicted molar refractivity (Wildman–Crippen MR) is 119 cm³/mol. The van der Waals surface area contributed by atoms with Gasteiger partial charge in [-0.3, -0.25) is 0 Å². The average molecular weight is 479 g/mol. The molecule has 3 aromatic rings. The number of halogens is 1. The molecule has 0 fully saturated rings. The van der Waals surface area contributed by atoms with E-state index in [9.17, 15) is 0 Å². The van der Waals surface area contributed by atoms with Crippen LogP contribution in [0.15, 0.2) is 70.2 Å². The van der Waals surface area contributed by atoms with Crippen molar-refractivity contribution in [3.05, 3.63) is 81.8 Å². The highest BCUT2D eigenvalue weighted by Crippen LogP contribution is 2.48. The summed E-state index contributed by atoms with van der Waals surface area (Å²) in [5.41, 5.74) is 4.18. The summed E-state index contributed by atoms with van der Waals surface area (Å²) in [6, 6.07) is 20.3. The smallest absolute Gasteiger partial charge is 0.231 e. The van der Waals surface area contributed by atoms with E-state index >= 15 is 0 Å². The lowest BCUT2D eigenvalue weighted by atomic mass is 9.96. The minimum Gasteiger partial charge on any atom is -0.496 e. The second-order valence-electron chi connectivity index (χ2n) is 7.62. The SMILES string of the molecule is COc1ccc([C@H]2Oc3ccccc3[C@H]3CC(c4ccc5c(c4)OCO5)=NN32)cc1Br. The van der Waals surface area contributed by atoms with E-state index in [-0.39, 0.29) is 19.1 Å². The van der Waals surface area contributed by atoms with Crippen molar-refractivity contribution in [3.63, 3.8) is 0 Å². The number of benzene rings is 3. The van der Waals surface area contributed by atoms with Gasteiger partial charge >= 0.3 is 0 Å². The van der Waals surface area contributed by atoms with Crippen LogP contribution in [0, 0.1) is 0 Å². The third-order valence-corrected chi connectivity index (χ3v) is 6.49. The largest absolute Gasteiger partial charge is 0.496 e. The van der Waals surface area contributed by atoms with Crippen molar-refractivity contribution < 1.29 is 18.9 Å². The summed E-state index contributed by atoms with van der Waals surface area (Å²) in [6.07, 6.45) is 0.446. The summed E-state index contributed by atoms with van der Waals surface area (Å²) in [5.74, 6) is 3.21. The molecule has 31 heavy (non-hydrogen) atoms. The number of methoxy groups -OCH3 is 1. The molecule has 0 aromatic heterocycles. The van der Waals surface area contributed by atoms with Crippen LogP contribution in [0.5, 0.6) is 23.0 Å². The number of ether oxygens (including phenoxy) is 4. The second-order valence-corrected chi connectivity index (χ2v) is 8.47. The van der Waals surface area contributed by atoms with Gasteiger partial charge < -0.3 is 18.9 Å². The zero-order valence-corrected chi connectivity index (χ0v) is 18.3. The van der Waals surface area contributed by atoms with Crippen LogP contribution < -0.4 is 18.9 Å². The highest BCUT2D eigenvalue weighted by atomic mass is 79.9. The maximum atomic E-state index is 6.43. The molecule has 0 N–H and O–H groups in total. The van der Waals surface area contributed by atoms with Gasteiger partial charge in [-0.25, -0.2) is 5.01 Å². The minimum absolute atomic E-state index is 0.0938. The molecule has 6 rings (SSSR count). The van der Waals surface area contributed by atoms with E-state index in [0.717, 1.165) is 56.3 Å². The van der Waals surface area contributed by atoms with Gasteiger partial charge in [-0.05, 0) is 58.4 Å². The molecule has 0 amide bonds. The number of hydrogen-bond donors (Lipinski definition) is 0. The normalized spacial score (nSPS) is 20.6. The molecular formula is C24H19BrN2O4. The number of nitrogens with zero attached hydrogens (tertiary/aromatic N) is 2. The van der Waals surface area contributed by atoms with Gasteiger partial charge in [0, 0.05) is 23.1 Å². The molecular weight excluding hydrogens is 460 g/mol. The van der Waals surface area contributed by atoms with Crippen molar-refractivity contribution in [1.82, 2.24) is 5.01 Å². The van der Waals surface area contributed by atoms with Gasteiger partial charge in [0.05, 0.1) is 23.3 Å². The molecule has 0 saturated heterocycles. The van der Waals surface area contributed by atoms with Crippen molar-refractivity contribution >= 4 is 21.6 Å². The van der Waals surface area contributed by atoms with Crippen LogP contribution in [0.25, 0.3) is 0 Å². The first-order chi connectivity index (χ1) is 15.2. The van der Waals surface area contributed by atoms with Gasteiger partial charge in [0.1, 0.15) is 11.5 Å². The van der Waals surface area contributed by atoms with Crippen LogP contribution in [-0.2, 0) is 0 Å². The Morgan fingerprint density at radius 1 is 1.00 bits per heavy atom. The van der Waals surface area contributed by atoms with Gasteiger partial charge in [-0.2, -0.15) is 5.10 Å². The Balaban J connectivity index is 1.42. The Hall–Kier alpha value is -3.19. The molecule has 7 heteroatoms. The predicted octanol–water partition coefficient (Wildman–Crippen LogP) is 5.43. The Kier molecular flexibility index (Phi) is 4.31. The molecule has 3 aromatic carbocycles. The van der Waals surface area contributed by atoms with E-state index in [1.807, 2.05) is 54.6 Å². The zero-order chi connectivity index (χ0) is 20.9. The quantitative estimate of drug-likeness (QED) is 0.502. The van der Waals surface area contributed by atoms with Crippen LogP contribution in [0.2, 0.25) is 0 Å². The Labute approximate surface area is 188 Å². The van der Waals surface area contributed by atoms with E-state index in [0.29, 0.717) is 0 Å². The van der Waals surface area contributed by atoms with Gasteiger partial charge in [0.15, 0.2) is 11.5 Å². The van der Waals surface area contributed by atoms with Crippen molar-refractivity contribution in [3.8, 4) is 23.0 Å². The van der Waals surface area contributed by atoms with Crippen molar-refractivity contribution in [2.75, 3.05) is 13.9 Å². The van der Waals surface area contributed by atoms with E-state index in [4.69, 9.17) is 24.0 Å². The number of rotatable bonds is 3. The second kappa shape index (κ2) is 7.20. The van der Waals surface area contributed by atoms with Gasteiger partial charge in [0.25, 0.3) is 0 Å². The van der Waals surface area contributed by atoms with Crippen LogP contribution in [-0.4, -0.2) is 24.6 Å². The first kappa shape index (κ1) is 18.6. The van der Waals surface area contributed by atoms with E-state index in [1.54, 1.807) is 7.11 Å². The average Bonchev–Trinajstić information content (AvgIpc) is 3.45. The Bertz CT molecular complexity index is 1210. The Morgan fingerprint density at radius 3 is 2.74 bits per heavy atom. The molecule has 3 aliphatic heterocycles. The van der Waals surface area contributed by atoms with Crippen LogP contribution in [0.3, 0.4) is 0 Å². The summed E-state index contributed by atoms with van der Waals surface area (Å²) in [5, 5.41) is 7.08. The van der Waals surface area contributed by atoms with Gasteiger partial charge in [-0.1, -0.05) is 18.2 Å². The fourth-order valence-electron chi connectivity index (χ4n) is 4.34. The summed E-state index contributed by atoms with van der Waals surface area (Å²) < 4.78 is 23.7. The van der Waals surface area contributed by atoms with Gasteiger partial charge in [0.2, 0.25) is 13.0 Å². The fourth-order valence-corrected chi connectivity index (χ4v) is 4.90. The highest BCUT2D eigenvalue weighted by Gasteiger charge is 2.41. The molecule has 3 aliphatic rings. The topological polar surface area (TPSA) is 52.5 Å². The van der Waals surface area contributed by atoms with Crippen LogP contribution in [0.1, 0.15) is 35.4 Å². The lowest BCUT2D eigenvalue weighted by Crippen LogP contribution is -2.33. The lowest BCUT2D eigenvalue weighted by Gasteiger charge is -2.38. The number of hydrazone groups is 1. The zero-order valence-electron chi connectivity index (χ0n) is 16.7. The molecule has 2 atom stereocenters. The monoisotopic (exact) mass is 478 g/mol. The summed E-state index contributed by atoms with van der Waals surface area (Å²) in [4.78, 5) is 0. The number of para-hydroxylation sites is 1. The lowest BCUT2D eigenvalue weighted by molar-refractivity contribution is -0.0190. The van der Waals surface area contributed by atoms with Gasteiger partial charge in [-0.15, -0.1) is 0 Å². The van der Waals surface area contributed by atoms with Crippen molar-refractivity contribution in [2.45, 2.75) is 18.7 Å². The molecule has 0 aliphatic carbocycles. The third-order valence-electron chi connectivity index (χ3n) is 5.87. The third kappa shape index (κ3) is 3.03. The molecule has 0 spiro atoms. The summed E-state index contributed by atoms with van der Waals surface area (Å²) in [7, 11) is 1.66. The first-order valence-corrected chi connectivity index (χ1v) is 10.9. The van der Waals surface area contributed by atoms with Crippen molar-refractivity contribution in [2.24, 2.45) is 5.10 Å². The number of fused-ring (bicyclic) bond motifs is 4. The first-order valence-electron chi connectivity index (χ1n) is 10.1. The molecule has 0 radical (unpaired) electrons. The number of hydrogen-bond acceptors (Lipinski definition) is 6. The molecule has 0 saturated carbocycles. The maximum Gasteiger partial charge on any atom is 0.231 e. The van der Waals surface area contributed by atoms with Crippen molar-refractivity contribution in [1.29, 1.82) is 0 Å². The summed E-state index contributed by atoms with van der Waals surface area (Å²) in [6.45, 7) is 0.260. The van der Waals surface area contributed by atoms with E-state index in [2.05, 4.69) is 27.0 Å². The van der Waals surface area contributed by atoms with Crippen LogP contribution in [0.4, 0.5) is 0 Å². The van der Waals surface area contributed by atoms with E-state index in [1.165, 1.54) is 0 Å².